The number of aromatic nitrogens is 1. The Kier molecular flexibility index (Phi) is 3.47. The molecule has 0 aliphatic carbocycles. The van der Waals surface area contributed by atoms with Crippen molar-refractivity contribution in [3.8, 4) is 0 Å². The molecule has 6 heteroatoms. The molecule has 2 heterocycles. The molecule has 1 aliphatic rings. The number of nitrogens with zero attached hydrogens (tertiary/aromatic N) is 2. The summed E-state index contributed by atoms with van der Waals surface area (Å²) in [6, 6.07) is 1.13. The standard InChI is InChI=1S/C12H15FN2O3/c1-7-6-18-8(2)5-15(7)11-10(13)9(12(16)17)3-4-14-11/h3-4,7-8H,5-6H2,1-2H3,(H,16,17). The summed E-state index contributed by atoms with van der Waals surface area (Å²) in [6.07, 6.45) is 1.28. The highest BCUT2D eigenvalue weighted by Gasteiger charge is 2.28. The van der Waals surface area contributed by atoms with E-state index in [2.05, 4.69) is 4.98 Å². The van der Waals surface area contributed by atoms with Crippen molar-refractivity contribution in [3.05, 3.63) is 23.6 Å². The number of rotatable bonds is 2. The normalized spacial score (nSPS) is 24.1. The van der Waals surface area contributed by atoms with Gasteiger partial charge < -0.3 is 14.7 Å². The Morgan fingerprint density at radius 3 is 3.00 bits per heavy atom. The largest absolute Gasteiger partial charge is 0.478 e. The van der Waals surface area contributed by atoms with E-state index in [0.717, 1.165) is 6.07 Å². The Morgan fingerprint density at radius 1 is 1.61 bits per heavy atom. The van der Waals surface area contributed by atoms with Gasteiger partial charge in [0.05, 0.1) is 18.8 Å². The van der Waals surface area contributed by atoms with Gasteiger partial charge in [-0.1, -0.05) is 0 Å². The second-order valence-corrected chi connectivity index (χ2v) is 4.45. The van der Waals surface area contributed by atoms with Gasteiger partial charge in [-0.05, 0) is 19.9 Å². The topological polar surface area (TPSA) is 62.7 Å². The van der Waals surface area contributed by atoms with E-state index in [9.17, 15) is 9.18 Å². The fraction of sp³-hybridized carbons (Fsp3) is 0.500. The van der Waals surface area contributed by atoms with Crippen molar-refractivity contribution in [2.24, 2.45) is 0 Å². The maximum atomic E-state index is 14.1. The lowest BCUT2D eigenvalue weighted by atomic mass is 10.1. The van der Waals surface area contributed by atoms with Crippen molar-refractivity contribution in [3.63, 3.8) is 0 Å². The average molecular weight is 254 g/mol. The molecule has 0 aromatic carbocycles. The number of hydrogen-bond donors (Lipinski definition) is 1. The Bertz CT molecular complexity index is 467. The molecule has 0 bridgehead atoms. The lowest BCUT2D eigenvalue weighted by molar-refractivity contribution is 0.0337. The maximum Gasteiger partial charge on any atom is 0.338 e. The average Bonchev–Trinajstić information content (AvgIpc) is 2.32. The van der Waals surface area contributed by atoms with E-state index in [1.807, 2.05) is 13.8 Å². The third kappa shape index (κ3) is 2.28. The van der Waals surface area contributed by atoms with Gasteiger partial charge in [0.1, 0.15) is 5.56 Å². The smallest absolute Gasteiger partial charge is 0.338 e. The number of carbonyl (C=O) groups is 1. The third-order valence-corrected chi connectivity index (χ3v) is 2.98. The first kappa shape index (κ1) is 12.8. The molecule has 5 nitrogen and oxygen atoms in total. The molecule has 1 N–H and O–H groups in total. The van der Waals surface area contributed by atoms with Crippen LogP contribution in [0.1, 0.15) is 24.2 Å². The Hall–Kier alpha value is -1.69. The van der Waals surface area contributed by atoms with E-state index in [0.29, 0.717) is 13.2 Å². The highest BCUT2D eigenvalue weighted by Crippen LogP contribution is 2.24. The molecule has 2 rings (SSSR count). The highest BCUT2D eigenvalue weighted by molar-refractivity contribution is 5.88. The van der Waals surface area contributed by atoms with Crippen LogP contribution in [0.25, 0.3) is 0 Å². The van der Waals surface area contributed by atoms with E-state index in [-0.39, 0.29) is 23.5 Å². The molecule has 0 spiro atoms. The lowest BCUT2D eigenvalue weighted by Crippen LogP contribution is -2.48. The molecule has 0 saturated carbocycles. The van der Waals surface area contributed by atoms with Gasteiger partial charge in [0.25, 0.3) is 0 Å². The number of hydrogen-bond acceptors (Lipinski definition) is 4. The molecule has 1 aliphatic heterocycles. The minimum atomic E-state index is -1.29. The van der Waals surface area contributed by atoms with E-state index in [1.165, 1.54) is 6.20 Å². The van der Waals surface area contributed by atoms with Crippen LogP contribution in [0.4, 0.5) is 10.2 Å². The molecule has 2 unspecified atom stereocenters. The minimum Gasteiger partial charge on any atom is -0.478 e. The number of carboxylic acids is 1. The van der Waals surface area contributed by atoms with E-state index >= 15 is 0 Å². The summed E-state index contributed by atoms with van der Waals surface area (Å²) in [4.78, 5) is 16.6. The molecule has 0 radical (unpaired) electrons. The van der Waals surface area contributed by atoms with Gasteiger partial charge in [0.2, 0.25) is 0 Å². The molecule has 2 atom stereocenters. The zero-order valence-corrected chi connectivity index (χ0v) is 10.3. The SMILES string of the molecule is CC1CN(c2nccc(C(=O)O)c2F)C(C)CO1. The molecule has 1 aromatic rings. The fourth-order valence-electron chi connectivity index (χ4n) is 2.00. The van der Waals surface area contributed by atoms with Gasteiger partial charge in [0, 0.05) is 12.7 Å². The van der Waals surface area contributed by atoms with E-state index in [4.69, 9.17) is 9.84 Å². The molecule has 1 aromatic heterocycles. The van der Waals surface area contributed by atoms with Crippen molar-refractivity contribution < 1.29 is 19.0 Å². The van der Waals surface area contributed by atoms with Crippen molar-refractivity contribution in [1.29, 1.82) is 0 Å². The number of pyridine rings is 1. The third-order valence-electron chi connectivity index (χ3n) is 2.98. The van der Waals surface area contributed by atoms with Gasteiger partial charge in [-0.3, -0.25) is 0 Å². The van der Waals surface area contributed by atoms with Gasteiger partial charge in [-0.2, -0.15) is 0 Å². The monoisotopic (exact) mass is 254 g/mol. The molecular weight excluding hydrogens is 239 g/mol. The first-order chi connectivity index (χ1) is 8.50. The minimum absolute atomic E-state index is 0.0316. The van der Waals surface area contributed by atoms with Crippen LogP contribution < -0.4 is 4.90 Å². The van der Waals surface area contributed by atoms with Crippen LogP contribution in [0.2, 0.25) is 0 Å². The van der Waals surface area contributed by atoms with Crippen LogP contribution in [-0.4, -0.2) is 41.4 Å². The number of aromatic carboxylic acids is 1. The van der Waals surface area contributed by atoms with Crippen LogP contribution in [0, 0.1) is 5.82 Å². The van der Waals surface area contributed by atoms with Crippen molar-refractivity contribution in [1.82, 2.24) is 4.98 Å². The number of morpholine rings is 1. The van der Waals surface area contributed by atoms with Crippen LogP contribution in [0.15, 0.2) is 12.3 Å². The fourth-order valence-corrected chi connectivity index (χ4v) is 2.00. The predicted octanol–water partition coefficient (Wildman–Crippen LogP) is 1.53. The van der Waals surface area contributed by atoms with Crippen molar-refractivity contribution in [2.45, 2.75) is 26.0 Å². The van der Waals surface area contributed by atoms with Crippen molar-refractivity contribution >= 4 is 11.8 Å². The molecule has 98 valence electrons. The van der Waals surface area contributed by atoms with E-state index < -0.39 is 11.8 Å². The van der Waals surface area contributed by atoms with Gasteiger partial charge in [-0.25, -0.2) is 14.2 Å². The highest BCUT2D eigenvalue weighted by atomic mass is 19.1. The second kappa shape index (κ2) is 4.89. The number of halogens is 1. The first-order valence-corrected chi connectivity index (χ1v) is 5.76. The summed E-state index contributed by atoms with van der Waals surface area (Å²) in [5, 5.41) is 8.90. The van der Waals surface area contributed by atoms with Crippen LogP contribution in [0.3, 0.4) is 0 Å². The van der Waals surface area contributed by atoms with Crippen LogP contribution >= 0.6 is 0 Å². The zero-order chi connectivity index (χ0) is 13.3. The summed E-state index contributed by atoms with van der Waals surface area (Å²) in [6.45, 7) is 4.74. The first-order valence-electron chi connectivity index (χ1n) is 5.76. The van der Waals surface area contributed by atoms with Gasteiger partial charge in [-0.15, -0.1) is 0 Å². The maximum absolute atomic E-state index is 14.1. The predicted molar refractivity (Wildman–Crippen MR) is 63.4 cm³/mol. The zero-order valence-electron chi connectivity index (χ0n) is 10.3. The Balaban J connectivity index is 2.38. The second-order valence-electron chi connectivity index (χ2n) is 4.45. The molecule has 0 amide bonds. The summed E-state index contributed by atoms with van der Waals surface area (Å²) in [5.41, 5.74) is -0.355. The number of carboxylic acid groups (broad SMARTS) is 1. The lowest BCUT2D eigenvalue weighted by Gasteiger charge is -2.37. The molecular formula is C12H15FN2O3. The van der Waals surface area contributed by atoms with Crippen LogP contribution in [0.5, 0.6) is 0 Å². The molecule has 1 fully saturated rings. The number of ether oxygens (including phenoxy) is 1. The van der Waals surface area contributed by atoms with Gasteiger partial charge in [0.15, 0.2) is 11.6 Å². The summed E-state index contributed by atoms with van der Waals surface area (Å²) >= 11 is 0. The summed E-state index contributed by atoms with van der Waals surface area (Å²) < 4.78 is 19.5. The molecule has 1 saturated heterocycles. The van der Waals surface area contributed by atoms with Crippen molar-refractivity contribution in [2.75, 3.05) is 18.1 Å². The summed E-state index contributed by atoms with van der Waals surface area (Å²) in [5.74, 6) is -1.99. The quantitative estimate of drug-likeness (QED) is 0.867. The van der Waals surface area contributed by atoms with E-state index in [1.54, 1.807) is 4.90 Å². The van der Waals surface area contributed by atoms with Crippen LogP contribution in [-0.2, 0) is 4.74 Å². The Morgan fingerprint density at radius 2 is 2.33 bits per heavy atom. The molecule has 18 heavy (non-hydrogen) atoms. The summed E-state index contributed by atoms with van der Waals surface area (Å²) in [7, 11) is 0. The Labute approximate surface area is 104 Å². The van der Waals surface area contributed by atoms with Gasteiger partial charge >= 0.3 is 5.97 Å². The number of anilines is 1.